The van der Waals surface area contributed by atoms with Crippen LogP contribution in [0.15, 0.2) is 18.3 Å². The molecule has 0 radical (unpaired) electrons. The lowest BCUT2D eigenvalue weighted by Crippen LogP contribution is -2.58. The number of piperidine rings is 1. The van der Waals surface area contributed by atoms with E-state index in [1.165, 1.54) is 4.90 Å². The molecule has 0 unspecified atom stereocenters. The Balaban J connectivity index is 1.62. The molecule has 1 saturated heterocycles. The molecule has 0 atom stereocenters. The van der Waals surface area contributed by atoms with Gasteiger partial charge in [0.05, 0.1) is 11.8 Å². The molecule has 1 N–H and O–H groups in total. The van der Waals surface area contributed by atoms with Gasteiger partial charge in [0.2, 0.25) is 5.88 Å². The highest BCUT2D eigenvalue weighted by Gasteiger charge is 2.42. The van der Waals surface area contributed by atoms with Gasteiger partial charge in [-0.3, -0.25) is 0 Å². The Morgan fingerprint density at radius 3 is 2.59 bits per heavy atom. The van der Waals surface area contributed by atoms with Crippen molar-refractivity contribution in [2.75, 3.05) is 18.0 Å². The Bertz CT molecular complexity index is 711. The Labute approximate surface area is 160 Å². The summed E-state index contributed by atoms with van der Waals surface area (Å²) < 4.78 is 6.12. The first kappa shape index (κ1) is 19.3. The molecule has 1 aromatic rings. The summed E-state index contributed by atoms with van der Waals surface area (Å²) in [7, 11) is 0. The van der Waals surface area contributed by atoms with Crippen LogP contribution >= 0.6 is 0 Å². The van der Waals surface area contributed by atoms with Crippen LogP contribution < -0.4 is 9.64 Å². The van der Waals surface area contributed by atoms with Gasteiger partial charge in [0.25, 0.3) is 0 Å². The van der Waals surface area contributed by atoms with Gasteiger partial charge in [0.15, 0.2) is 0 Å². The molecule has 1 saturated carbocycles. The molecule has 2 fully saturated rings. The first-order chi connectivity index (χ1) is 12.8. The Morgan fingerprint density at radius 1 is 1.37 bits per heavy atom. The van der Waals surface area contributed by atoms with E-state index in [1.807, 2.05) is 32.9 Å². The molecule has 0 aromatic carbocycles. The standard InChI is InChI=1S/C20H28N4O3/c1-20(2,3)24(19(25)26)15-11-16(12-15)27-18-17(5-4-8-22-18)23-9-6-14(13-21)7-10-23/h4-5,8,14-16H,6-7,9-12H2,1-3H3,(H,25,26). The van der Waals surface area contributed by atoms with Crippen LogP contribution in [-0.2, 0) is 0 Å². The zero-order valence-corrected chi connectivity index (χ0v) is 16.3. The van der Waals surface area contributed by atoms with Crippen LogP contribution in [-0.4, -0.2) is 51.9 Å². The van der Waals surface area contributed by atoms with Crippen molar-refractivity contribution in [1.82, 2.24) is 9.88 Å². The van der Waals surface area contributed by atoms with Crippen molar-refractivity contribution in [2.45, 2.75) is 64.1 Å². The third-order valence-electron chi connectivity index (χ3n) is 5.41. The van der Waals surface area contributed by atoms with Crippen molar-refractivity contribution >= 4 is 11.8 Å². The van der Waals surface area contributed by atoms with E-state index in [2.05, 4.69) is 16.0 Å². The quantitative estimate of drug-likeness (QED) is 0.870. The molecule has 7 heteroatoms. The lowest BCUT2D eigenvalue weighted by molar-refractivity contribution is -0.0147. The summed E-state index contributed by atoms with van der Waals surface area (Å²) in [5.74, 6) is 0.739. The smallest absolute Gasteiger partial charge is 0.407 e. The second kappa shape index (κ2) is 7.63. The van der Waals surface area contributed by atoms with Crippen molar-refractivity contribution < 1.29 is 14.6 Å². The number of pyridine rings is 1. The molecule has 0 spiro atoms. The summed E-state index contributed by atoms with van der Waals surface area (Å²) in [6.07, 6.45) is 3.88. The van der Waals surface area contributed by atoms with E-state index < -0.39 is 11.6 Å². The van der Waals surface area contributed by atoms with Gasteiger partial charge < -0.3 is 19.6 Å². The van der Waals surface area contributed by atoms with Crippen LogP contribution in [0.1, 0.15) is 46.5 Å². The highest BCUT2D eigenvalue weighted by molar-refractivity contribution is 5.66. The zero-order valence-electron chi connectivity index (χ0n) is 16.3. The lowest BCUT2D eigenvalue weighted by atomic mass is 9.85. The number of hydrogen-bond acceptors (Lipinski definition) is 5. The summed E-state index contributed by atoms with van der Waals surface area (Å²) in [6, 6.07) is 6.23. The van der Waals surface area contributed by atoms with E-state index >= 15 is 0 Å². The SMILES string of the molecule is CC(C)(C)N(C(=O)O)C1CC(Oc2ncccc2N2CCC(C#N)CC2)C1. The van der Waals surface area contributed by atoms with Crippen LogP contribution in [0.25, 0.3) is 0 Å². The molecule has 2 aliphatic rings. The Hall–Kier alpha value is -2.49. The third kappa shape index (κ3) is 4.26. The minimum Gasteiger partial charge on any atom is -0.473 e. The summed E-state index contributed by atoms with van der Waals surface area (Å²) in [5.41, 5.74) is 0.533. The maximum Gasteiger partial charge on any atom is 0.407 e. The number of carbonyl (C=O) groups is 1. The molecule has 0 bridgehead atoms. The molecular formula is C20H28N4O3. The van der Waals surface area contributed by atoms with Gasteiger partial charge in [-0.2, -0.15) is 5.26 Å². The van der Waals surface area contributed by atoms with Crippen LogP contribution in [0.2, 0.25) is 0 Å². The first-order valence-corrected chi connectivity index (χ1v) is 9.58. The van der Waals surface area contributed by atoms with Crippen molar-refractivity contribution in [2.24, 2.45) is 5.92 Å². The van der Waals surface area contributed by atoms with Gasteiger partial charge >= 0.3 is 6.09 Å². The highest BCUT2D eigenvalue weighted by Crippen LogP contribution is 2.36. The van der Waals surface area contributed by atoms with Gasteiger partial charge in [0, 0.05) is 49.6 Å². The molecule has 1 aliphatic carbocycles. The Morgan fingerprint density at radius 2 is 2.04 bits per heavy atom. The van der Waals surface area contributed by atoms with Crippen molar-refractivity contribution in [1.29, 1.82) is 5.26 Å². The van der Waals surface area contributed by atoms with Crippen LogP contribution in [0, 0.1) is 17.2 Å². The summed E-state index contributed by atoms with van der Waals surface area (Å²) >= 11 is 0. The van der Waals surface area contributed by atoms with Gasteiger partial charge in [-0.1, -0.05) is 0 Å². The summed E-state index contributed by atoms with van der Waals surface area (Å²) in [6.45, 7) is 7.39. The normalized spacial score (nSPS) is 23.3. The zero-order chi connectivity index (χ0) is 19.6. The second-order valence-corrected chi connectivity index (χ2v) is 8.41. The van der Waals surface area contributed by atoms with E-state index in [9.17, 15) is 9.90 Å². The molecule has 7 nitrogen and oxygen atoms in total. The number of nitrogens with zero attached hydrogens (tertiary/aromatic N) is 4. The minimum absolute atomic E-state index is 0.0222. The van der Waals surface area contributed by atoms with E-state index in [4.69, 9.17) is 10.00 Å². The van der Waals surface area contributed by atoms with E-state index in [0.717, 1.165) is 31.6 Å². The highest BCUT2D eigenvalue weighted by atomic mass is 16.5. The van der Waals surface area contributed by atoms with Crippen LogP contribution in [0.3, 0.4) is 0 Å². The number of carboxylic acid groups (broad SMARTS) is 1. The van der Waals surface area contributed by atoms with E-state index in [0.29, 0.717) is 18.7 Å². The Kier molecular flexibility index (Phi) is 5.45. The molecule has 1 amide bonds. The fourth-order valence-electron chi connectivity index (χ4n) is 3.96. The van der Waals surface area contributed by atoms with Crippen molar-refractivity contribution in [3.05, 3.63) is 18.3 Å². The van der Waals surface area contributed by atoms with Crippen LogP contribution in [0.4, 0.5) is 10.5 Å². The van der Waals surface area contributed by atoms with Gasteiger partial charge in [0.1, 0.15) is 6.10 Å². The summed E-state index contributed by atoms with van der Waals surface area (Å²) in [5, 5.41) is 18.6. The fraction of sp³-hybridized carbons (Fsp3) is 0.650. The number of rotatable bonds is 4. The first-order valence-electron chi connectivity index (χ1n) is 9.58. The number of ether oxygens (including phenoxy) is 1. The average Bonchev–Trinajstić information content (AvgIpc) is 2.59. The molecular weight excluding hydrogens is 344 g/mol. The maximum atomic E-state index is 11.6. The molecule has 2 heterocycles. The number of aromatic nitrogens is 1. The average molecular weight is 372 g/mol. The molecule has 27 heavy (non-hydrogen) atoms. The van der Waals surface area contributed by atoms with E-state index in [1.54, 1.807) is 6.20 Å². The van der Waals surface area contributed by atoms with Crippen LogP contribution in [0.5, 0.6) is 5.88 Å². The maximum absolute atomic E-state index is 11.6. The predicted octanol–water partition coefficient (Wildman–Crippen LogP) is 3.51. The number of amides is 1. The topological polar surface area (TPSA) is 89.7 Å². The third-order valence-corrected chi connectivity index (χ3v) is 5.41. The molecule has 1 aromatic heterocycles. The molecule has 146 valence electrons. The van der Waals surface area contributed by atoms with Gasteiger partial charge in [-0.15, -0.1) is 0 Å². The van der Waals surface area contributed by atoms with Gasteiger partial charge in [-0.05, 0) is 45.7 Å². The summed E-state index contributed by atoms with van der Waals surface area (Å²) in [4.78, 5) is 19.8. The minimum atomic E-state index is -0.884. The number of hydrogen-bond donors (Lipinski definition) is 1. The largest absolute Gasteiger partial charge is 0.473 e. The molecule has 1 aliphatic heterocycles. The number of anilines is 1. The van der Waals surface area contributed by atoms with E-state index in [-0.39, 0.29) is 18.1 Å². The predicted molar refractivity (Wildman–Crippen MR) is 102 cm³/mol. The second-order valence-electron chi connectivity index (χ2n) is 8.41. The lowest BCUT2D eigenvalue weighted by Gasteiger charge is -2.47. The number of nitriles is 1. The van der Waals surface area contributed by atoms with Gasteiger partial charge in [-0.25, -0.2) is 9.78 Å². The van der Waals surface area contributed by atoms with Crippen molar-refractivity contribution in [3.8, 4) is 11.9 Å². The monoisotopic (exact) mass is 372 g/mol. The van der Waals surface area contributed by atoms with Crippen molar-refractivity contribution in [3.63, 3.8) is 0 Å². The molecule has 3 rings (SSSR count). The fourth-order valence-corrected chi connectivity index (χ4v) is 3.96.